The highest BCUT2D eigenvalue weighted by Gasteiger charge is 2.52. The van der Waals surface area contributed by atoms with Gasteiger partial charge in [0.15, 0.2) is 10.9 Å². The highest BCUT2D eigenvalue weighted by Crippen LogP contribution is 2.58. The molecule has 6 nitrogen and oxygen atoms in total. The Hall–Kier alpha value is -2.71. The van der Waals surface area contributed by atoms with Crippen molar-refractivity contribution in [3.63, 3.8) is 0 Å². The largest absolute Gasteiger partial charge is 0.465 e. The van der Waals surface area contributed by atoms with Crippen molar-refractivity contribution in [2.45, 2.75) is 51.0 Å². The van der Waals surface area contributed by atoms with E-state index in [1.807, 2.05) is 43.3 Å². The van der Waals surface area contributed by atoms with Gasteiger partial charge in [-0.05, 0) is 81.0 Å². The number of carbonyl (C=O) groups excluding carboxylic acids is 1. The Balaban J connectivity index is 1.21. The lowest BCUT2D eigenvalue weighted by Crippen LogP contribution is -2.52. The summed E-state index contributed by atoms with van der Waals surface area (Å²) in [6, 6.07) is 11.9. The van der Waals surface area contributed by atoms with E-state index in [1.165, 1.54) is 57.0 Å². The van der Waals surface area contributed by atoms with Crippen LogP contribution >= 0.6 is 23.6 Å². The summed E-state index contributed by atoms with van der Waals surface area (Å²) in [6.07, 6.45) is 10.1. The van der Waals surface area contributed by atoms with Gasteiger partial charge in [-0.1, -0.05) is 30.3 Å². The van der Waals surface area contributed by atoms with Crippen LogP contribution in [0.25, 0.3) is 11.1 Å². The van der Waals surface area contributed by atoms with Crippen molar-refractivity contribution in [2.75, 3.05) is 17.7 Å². The summed E-state index contributed by atoms with van der Waals surface area (Å²) in [5, 5.41) is 12.5. The molecular formula is C27H30N4O2S2. The van der Waals surface area contributed by atoms with Crippen LogP contribution in [0.3, 0.4) is 0 Å². The van der Waals surface area contributed by atoms with E-state index in [1.54, 1.807) is 0 Å². The molecule has 4 aliphatic rings. The summed E-state index contributed by atoms with van der Waals surface area (Å²) in [5.74, 6) is 2.94. The number of hydrogen-bond acceptors (Lipinski definition) is 5. The third-order valence-corrected chi connectivity index (χ3v) is 9.31. The maximum Gasteiger partial charge on any atom is 0.341 e. The predicted molar refractivity (Wildman–Crippen MR) is 144 cm³/mol. The number of benzene rings is 1. The fourth-order valence-corrected chi connectivity index (χ4v) is 8.47. The number of rotatable bonds is 5. The number of carbonyl (C=O) groups is 1. The zero-order chi connectivity index (χ0) is 24.2. The van der Waals surface area contributed by atoms with Gasteiger partial charge in [0.2, 0.25) is 0 Å². The van der Waals surface area contributed by atoms with E-state index in [-0.39, 0.29) is 11.5 Å². The van der Waals surface area contributed by atoms with Gasteiger partial charge in [0.1, 0.15) is 10.6 Å². The Morgan fingerprint density at radius 2 is 1.74 bits per heavy atom. The van der Waals surface area contributed by atoms with E-state index in [0.29, 0.717) is 15.7 Å². The minimum absolute atomic E-state index is 0.178. The number of ether oxygens (including phenoxy) is 1. The number of hydrogen-bond donors (Lipinski definition) is 2. The molecule has 2 N–H and O–H groups in total. The number of aromatic nitrogens is 2. The molecule has 3 aromatic rings. The van der Waals surface area contributed by atoms with Crippen molar-refractivity contribution in [3.8, 4) is 11.1 Å². The molecule has 4 saturated carbocycles. The first kappa shape index (κ1) is 22.7. The van der Waals surface area contributed by atoms with Gasteiger partial charge in [-0.15, -0.1) is 11.3 Å². The molecule has 0 saturated heterocycles. The quantitative estimate of drug-likeness (QED) is 0.307. The Morgan fingerprint density at radius 1 is 1.09 bits per heavy atom. The topological polar surface area (TPSA) is 68.2 Å². The smallest absolute Gasteiger partial charge is 0.341 e. The summed E-state index contributed by atoms with van der Waals surface area (Å²) in [4.78, 5) is 13.8. The third-order valence-electron chi connectivity index (χ3n) is 8.09. The van der Waals surface area contributed by atoms with Crippen molar-refractivity contribution in [3.05, 3.63) is 53.0 Å². The second-order valence-electron chi connectivity index (χ2n) is 10.5. The van der Waals surface area contributed by atoms with Crippen molar-refractivity contribution in [1.82, 2.24) is 9.78 Å². The average Bonchev–Trinajstić information content (AvgIpc) is 3.42. The molecule has 7 rings (SSSR count). The first-order valence-corrected chi connectivity index (χ1v) is 13.6. The summed E-state index contributed by atoms with van der Waals surface area (Å²) < 4.78 is 7.33. The SMILES string of the molecule is COC(=O)c1c(NC(=S)Nc2ccn(C34CC5CC(CC(C5)C3)C4)n2)sc(C)c1-c1ccccc1. The zero-order valence-electron chi connectivity index (χ0n) is 20.0. The highest BCUT2D eigenvalue weighted by molar-refractivity contribution is 7.80. The Labute approximate surface area is 215 Å². The van der Waals surface area contributed by atoms with Gasteiger partial charge in [0, 0.05) is 22.7 Å². The number of nitrogens with one attached hydrogen (secondary N) is 2. The number of thiophene rings is 1. The first-order chi connectivity index (χ1) is 16.9. The monoisotopic (exact) mass is 506 g/mol. The Bertz CT molecular complexity index is 1240. The standard InChI is InChI=1S/C27H30N4O2S2/c1-16-22(20-6-4-3-5-7-20)23(25(32)33-2)24(35-16)29-26(34)28-21-8-9-31(30-21)27-13-17-10-18(14-27)12-19(11-17)15-27/h3-9,17-19H,10-15H2,1-2H3,(H2,28,29,30,34). The zero-order valence-corrected chi connectivity index (χ0v) is 21.7. The molecule has 4 bridgehead atoms. The minimum Gasteiger partial charge on any atom is -0.465 e. The molecule has 182 valence electrons. The average molecular weight is 507 g/mol. The lowest BCUT2D eigenvalue weighted by molar-refractivity contribution is -0.0492. The van der Waals surface area contributed by atoms with Crippen LogP contribution in [0, 0.1) is 24.7 Å². The summed E-state index contributed by atoms with van der Waals surface area (Å²) >= 11 is 7.13. The van der Waals surface area contributed by atoms with Crippen LogP contribution in [-0.4, -0.2) is 28.0 Å². The van der Waals surface area contributed by atoms with Crippen LogP contribution in [0.2, 0.25) is 0 Å². The van der Waals surface area contributed by atoms with Gasteiger partial charge in [-0.2, -0.15) is 5.10 Å². The van der Waals surface area contributed by atoms with Gasteiger partial charge >= 0.3 is 5.97 Å². The lowest BCUT2D eigenvalue weighted by Gasteiger charge is -2.56. The van der Waals surface area contributed by atoms with Crippen molar-refractivity contribution in [1.29, 1.82) is 0 Å². The van der Waals surface area contributed by atoms with Crippen molar-refractivity contribution >= 4 is 45.5 Å². The lowest BCUT2D eigenvalue weighted by atomic mass is 9.53. The van der Waals surface area contributed by atoms with Gasteiger partial charge in [0.25, 0.3) is 0 Å². The van der Waals surface area contributed by atoms with Crippen LogP contribution < -0.4 is 10.6 Å². The Morgan fingerprint density at radius 3 is 2.37 bits per heavy atom. The van der Waals surface area contributed by atoms with Crippen molar-refractivity contribution in [2.24, 2.45) is 17.8 Å². The number of methoxy groups -OCH3 is 1. The summed E-state index contributed by atoms with van der Waals surface area (Å²) in [6.45, 7) is 2.01. The molecule has 0 radical (unpaired) electrons. The van der Waals surface area contributed by atoms with E-state index in [0.717, 1.165) is 39.6 Å². The first-order valence-electron chi connectivity index (χ1n) is 12.4. The van der Waals surface area contributed by atoms with Crippen LogP contribution in [0.5, 0.6) is 0 Å². The second-order valence-corrected chi connectivity index (χ2v) is 12.1. The molecule has 0 unspecified atom stereocenters. The fourth-order valence-electron chi connectivity index (χ4n) is 7.13. The molecule has 0 amide bonds. The molecular weight excluding hydrogens is 476 g/mol. The number of esters is 1. The van der Waals surface area contributed by atoms with Gasteiger partial charge in [-0.25, -0.2) is 4.79 Å². The normalized spacial score (nSPS) is 26.5. The molecule has 2 aromatic heterocycles. The highest BCUT2D eigenvalue weighted by atomic mass is 32.1. The van der Waals surface area contributed by atoms with Crippen LogP contribution in [0.15, 0.2) is 42.6 Å². The van der Waals surface area contributed by atoms with E-state index in [9.17, 15) is 4.79 Å². The number of anilines is 2. The maximum absolute atomic E-state index is 12.8. The third kappa shape index (κ3) is 4.06. The molecule has 0 atom stereocenters. The molecule has 2 heterocycles. The maximum atomic E-state index is 12.8. The fraction of sp³-hybridized carbons (Fsp3) is 0.444. The van der Waals surface area contributed by atoms with Crippen LogP contribution in [0.4, 0.5) is 10.8 Å². The molecule has 4 aliphatic carbocycles. The van der Waals surface area contributed by atoms with Crippen LogP contribution in [0.1, 0.15) is 53.8 Å². The molecule has 0 spiro atoms. The summed E-state index contributed by atoms with van der Waals surface area (Å²) in [5.41, 5.74) is 2.53. The van der Waals surface area contributed by atoms with E-state index < -0.39 is 0 Å². The summed E-state index contributed by atoms with van der Waals surface area (Å²) in [7, 11) is 1.40. The van der Waals surface area contributed by atoms with Gasteiger partial charge < -0.3 is 15.4 Å². The van der Waals surface area contributed by atoms with Crippen molar-refractivity contribution < 1.29 is 9.53 Å². The molecule has 4 fully saturated rings. The Kier molecular flexibility index (Phi) is 5.68. The molecule has 1 aromatic carbocycles. The van der Waals surface area contributed by atoms with Crippen LogP contribution in [-0.2, 0) is 10.3 Å². The van der Waals surface area contributed by atoms with Gasteiger partial charge in [-0.3, -0.25) is 4.68 Å². The predicted octanol–water partition coefficient (Wildman–Crippen LogP) is 6.44. The van der Waals surface area contributed by atoms with Gasteiger partial charge in [0.05, 0.1) is 12.6 Å². The number of nitrogens with zero attached hydrogens (tertiary/aromatic N) is 2. The van der Waals surface area contributed by atoms with E-state index in [4.69, 9.17) is 22.1 Å². The van der Waals surface area contributed by atoms with E-state index in [2.05, 4.69) is 21.5 Å². The molecule has 8 heteroatoms. The number of aryl methyl sites for hydroxylation is 1. The molecule has 35 heavy (non-hydrogen) atoms. The second kappa shape index (κ2) is 8.75. The minimum atomic E-state index is -0.385. The molecule has 0 aliphatic heterocycles. The number of thiocarbonyl (C=S) groups is 1. The van der Waals surface area contributed by atoms with E-state index >= 15 is 0 Å².